The van der Waals surface area contributed by atoms with Crippen LogP contribution in [-0.2, 0) is 20.9 Å². The van der Waals surface area contributed by atoms with E-state index in [1.807, 2.05) is 43.5 Å². The highest BCUT2D eigenvalue weighted by Crippen LogP contribution is 2.51. The monoisotopic (exact) mass is 533 g/mol. The maximum atomic E-state index is 13.6. The van der Waals surface area contributed by atoms with Crippen LogP contribution in [0.15, 0.2) is 46.4 Å². The minimum atomic E-state index is -0.297. The Hall–Kier alpha value is -2.70. The molecule has 2 aliphatic heterocycles. The summed E-state index contributed by atoms with van der Waals surface area (Å²) in [6.07, 6.45) is 5.62. The van der Waals surface area contributed by atoms with E-state index in [0.717, 1.165) is 40.8 Å². The van der Waals surface area contributed by atoms with E-state index in [-0.39, 0.29) is 35.7 Å². The second kappa shape index (κ2) is 10.8. The first-order chi connectivity index (χ1) is 18.2. The van der Waals surface area contributed by atoms with Gasteiger partial charge in [0.2, 0.25) is 11.8 Å². The van der Waals surface area contributed by atoms with E-state index in [9.17, 15) is 14.7 Å². The lowest BCUT2D eigenvalue weighted by atomic mass is 9.67. The van der Waals surface area contributed by atoms with E-state index in [0.29, 0.717) is 31.2 Å². The molecule has 202 valence electrons. The number of aryl methyl sites for hydroxylation is 2. The number of thiophene rings is 1. The highest BCUT2D eigenvalue weighted by Gasteiger charge is 2.57. The van der Waals surface area contributed by atoms with Crippen LogP contribution in [-0.4, -0.2) is 34.5 Å². The van der Waals surface area contributed by atoms with Gasteiger partial charge in [-0.2, -0.15) is 0 Å². The number of phenolic OH excluding ortho intramolecular Hbond substituents is 1. The molecule has 0 radical (unpaired) electrons. The van der Waals surface area contributed by atoms with Crippen LogP contribution in [0.2, 0.25) is 0 Å². The Balaban J connectivity index is 1.36. The molecule has 0 bridgehead atoms. The predicted molar refractivity (Wildman–Crippen MR) is 152 cm³/mol. The fourth-order valence-electron chi connectivity index (χ4n) is 6.71. The van der Waals surface area contributed by atoms with Gasteiger partial charge in [0, 0.05) is 10.8 Å². The number of rotatable bonds is 8. The lowest BCUT2D eigenvalue weighted by molar-refractivity contribution is -0.140. The molecule has 2 amide bonds. The van der Waals surface area contributed by atoms with Crippen molar-refractivity contribution in [3.63, 3.8) is 0 Å². The van der Waals surface area contributed by atoms with E-state index < -0.39 is 0 Å². The van der Waals surface area contributed by atoms with Gasteiger partial charge in [0.05, 0.1) is 31.1 Å². The minimum Gasteiger partial charge on any atom is -0.507 e. The van der Waals surface area contributed by atoms with Gasteiger partial charge < -0.3 is 9.84 Å². The van der Waals surface area contributed by atoms with Crippen molar-refractivity contribution in [2.45, 2.75) is 73.0 Å². The number of nitrogens with zero attached hydrogens (tertiary/aromatic N) is 1. The number of carbonyl (C=O) groups excluding carboxylic acids is 2. The third-order valence-corrected chi connectivity index (χ3v) is 9.55. The number of carbonyl (C=O) groups is 2. The first-order valence-electron chi connectivity index (χ1n) is 13.9. The number of fused-ring (bicyclic) bond motifs is 3. The molecule has 1 aromatic carbocycles. The molecule has 0 spiro atoms. The van der Waals surface area contributed by atoms with E-state index in [2.05, 4.69) is 26.8 Å². The molecule has 2 aromatic rings. The molecular formula is C32H39NO4S. The second-order valence-electron chi connectivity index (χ2n) is 11.4. The Kier molecular flexibility index (Phi) is 7.65. The van der Waals surface area contributed by atoms with Gasteiger partial charge in [-0.1, -0.05) is 44.1 Å². The van der Waals surface area contributed by atoms with E-state index in [1.54, 1.807) is 11.3 Å². The van der Waals surface area contributed by atoms with Crippen LogP contribution in [0.5, 0.6) is 5.75 Å². The van der Waals surface area contributed by atoms with Gasteiger partial charge >= 0.3 is 0 Å². The fraction of sp³-hybridized carbons (Fsp3) is 0.500. The highest BCUT2D eigenvalue weighted by atomic mass is 32.1. The summed E-state index contributed by atoms with van der Waals surface area (Å²) in [6.45, 7) is 11.4. The van der Waals surface area contributed by atoms with E-state index in [4.69, 9.17) is 4.74 Å². The Morgan fingerprint density at radius 3 is 2.55 bits per heavy atom. The van der Waals surface area contributed by atoms with E-state index in [1.165, 1.54) is 21.6 Å². The molecule has 3 heterocycles. The van der Waals surface area contributed by atoms with Crippen molar-refractivity contribution < 1.29 is 19.4 Å². The van der Waals surface area contributed by atoms with Gasteiger partial charge in [-0.25, -0.2) is 0 Å². The number of aromatic hydroxyl groups is 1. The van der Waals surface area contributed by atoms with Gasteiger partial charge in [-0.15, -0.1) is 11.3 Å². The normalized spacial score (nSPS) is 25.5. The zero-order valence-electron chi connectivity index (χ0n) is 23.1. The van der Waals surface area contributed by atoms with Crippen LogP contribution in [0.4, 0.5) is 0 Å². The quantitative estimate of drug-likeness (QED) is 0.299. The van der Waals surface area contributed by atoms with Gasteiger partial charge in [-0.3, -0.25) is 14.5 Å². The van der Waals surface area contributed by atoms with Gasteiger partial charge in [0.25, 0.3) is 0 Å². The van der Waals surface area contributed by atoms with Crippen LogP contribution >= 0.6 is 11.3 Å². The molecule has 3 aliphatic rings. The number of ether oxygens (including phenoxy) is 1. The fourth-order valence-corrected chi connectivity index (χ4v) is 7.41. The topological polar surface area (TPSA) is 66.8 Å². The molecule has 0 unspecified atom stereocenters. The van der Waals surface area contributed by atoms with Crippen molar-refractivity contribution in [1.82, 2.24) is 4.90 Å². The Morgan fingerprint density at radius 2 is 1.92 bits per heavy atom. The van der Waals surface area contributed by atoms with Gasteiger partial charge in [0.1, 0.15) is 5.75 Å². The summed E-state index contributed by atoms with van der Waals surface area (Å²) in [6, 6.07) is 8.02. The summed E-state index contributed by atoms with van der Waals surface area (Å²) in [7, 11) is 0. The molecular weight excluding hydrogens is 494 g/mol. The molecule has 2 fully saturated rings. The summed E-state index contributed by atoms with van der Waals surface area (Å²) in [5.74, 6) is 0.0914. The zero-order valence-corrected chi connectivity index (χ0v) is 23.9. The first-order valence-corrected chi connectivity index (χ1v) is 14.8. The maximum absolute atomic E-state index is 13.6. The molecule has 6 heteroatoms. The molecule has 5 rings (SSSR count). The number of allylic oxidation sites excluding steroid dienone is 2. The molecule has 1 aromatic heterocycles. The highest BCUT2D eigenvalue weighted by molar-refractivity contribution is 7.09. The van der Waals surface area contributed by atoms with Crippen molar-refractivity contribution in [3.8, 4) is 5.75 Å². The lowest BCUT2D eigenvalue weighted by Crippen LogP contribution is -2.35. The largest absolute Gasteiger partial charge is 0.507 e. The molecule has 0 saturated carbocycles. The third-order valence-electron chi connectivity index (χ3n) is 8.69. The SMILES string of the molecule is CC/C(=C\c1cc(C)c(O)c(C)c1)CC[C@H]1OC[C@H]2C1=C(C(C)C)C[C@H]1C(=O)N(Cc3cccs3)C(=O)[C@H]12. The molecule has 1 N–H and O–H groups in total. The van der Waals surface area contributed by atoms with Crippen molar-refractivity contribution in [1.29, 1.82) is 0 Å². The lowest BCUT2D eigenvalue weighted by Gasteiger charge is -2.33. The summed E-state index contributed by atoms with van der Waals surface area (Å²) in [5, 5.41) is 12.1. The van der Waals surface area contributed by atoms with Gasteiger partial charge in [0.15, 0.2) is 0 Å². The molecule has 38 heavy (non-hydrogen) atoms. The third kappa shape index (κ3) is 4.89. The molecule has 5 nitrogen and oxygen atoms in total. The molecule has 4 atom stereocenters. The average molecular weight is 534 g/mol. The number of likely N-dealkylation sites (tertiary alicyclic amines) is 1. The molecule has 1 aliphatic carbocycles. The van der Waals surface area contributed by atoms with Crippen molar-refractivity contribution in [2.75, 3.05) is 6.61 Å². The standard InChI is InChI=1S/C32H39NO4S/c1-6-21(14-22-12-19(4)30(34)20(5)13-22)9-10-27-28-24(18(2)3)15-25-29(26(28)17-37-27)32(36)33(31(25)35)16-23-8-7-11-38-23/h7-8,11-14,18,25-27,29,34H,6,9-10,15-17H2,1-5H3/b21-14+/t25-,26+,27-,29-/m1/s1. The Labute approximate surface area is 230 Å². The number of amides is 2. The Bertz CT molecular complexity index is 1270. The number of hydrogen-bond donors (Lipinski definition) is 1. The zero-order chi connectivity index (χ0) is 27.1. The second-order valence-corrected chi connectivity index (χ2v) is 12.5. The van der Waals surface area contributed by atoms with Crippen molar-refractivity contribution in [2.24, 2.45) is 23.7 Å². The molecule has 2 saturated heterocycles. The predicted octanol–water partition coefficient (Wildman–Crippen LogP) is 6.82. The van der Waals surface area contributed by atoms with Crippen LogP contribution < -0.4 is 0 Å². The number of phenols is 1. The number of hydrogen-bond acceptors (Lipinski definition) is 5. The van der Waals surface area contributed by atoms with Crippen LogP contribution in [0, 0.1) is 37.5 Å². The van der Waals surface area contributed by atoms with Crippen molar-refractivity contribution >= 4 is 29.2 Å². The summed E-state index contributed by atoms with van der Waals surface area (Å²) < 4.78 is 6.41. The van der Waals surface area contributed by atoms with Crippen LogP contribution in [0.1, 0.15) is 68.0 Å². The summed E-state index contributed by atoms with van der Waals surface area (Å²) in [5.41, 5.74) is 6.86. The summed E-state index contributed by atoms with van der Waals surface area (Å²) >= 11 is 1.59. The van der Waals surface area contributed by atoms with Crippen LogP contribution in [0.3, 0.4) is 0 Å². The average Bonchev–Trinajstić information content (AvgIpc) is 3.61. The number of benzene rings is 1. The maximum Gasteiger partial charge on any atom is 0.234 e. The van der Waals surface area contributed by atoms with Crippen LogP contribution in [0.25, 0.3) is 6.08 Å². The van der Waals surface area contributed by atoms with Gasteiger partial charge in [-0.05, 0) is 91.3 Å². The first kappa shape index (κ1) is 26.9. The Morgan fingerprint density at radius 1 is 1.18 bits per heavy atom. The smallest absolute Gasteiger partial charge is 0.234 e. The van der Waals surface area contributed by atoms with Crippen molar-refractivity contribution in [3.05, 3.63) is 67.9 Å². The number of imide groups is 1. The summed E-state index contributed by atoms with van der Waals surface area (Å²) in [4.78, 5) is 29.6. The minimum absolute atomic E-state index is 0.00242. The van der Waals surface area contributed by atoms with E-state index >= 15 is 0 Å².